The molecular formula is C13H30N2O2. The smallest absolute Gasteiger partial charge is 0.0519 e. The summed E-state index contributed by atoms with van der Waals surface area (Å²) in [4.78, 5) is 4.49. The van der Waals surface area contributed by atoms with E-state index >= 15 is 0 Å². The Balaban J connectivity index is 4.35. The average Bonchev–Trinajstić information content (AvgIpc) is 2.25. The molecule has 4 heteroatoms. The topological polar surface area (TPSA) is 46.9 Å². The maximum Gasteiger partial charge on any atom is 0.0519 e. The van der Waals surface area contributed by atoms with E-state index in [1.54, 1.807) is 0 Å². The summed E-state index contributed by atoms with van der Waals surface area (Å²) in [6, 6.07) is 0. The maximum atomic E-state index is 9.35. The second-order valence-corrected chi connectivity index (χ2v) is 6.06. The van der Waals surface area contributed by atoms with Crippen LogP contribution in [0.2, 0.25) is 0 Å². The van der Waals surface area contributed by atoms with Crippen molar-refractivity contribution >= 4 is 0 Å². The largest absolute Gasteiger partial charge is 0.396 e. The van der Waals surface area contributed by atoms with E-state index in [1.165, 1.54) is 0 Å². The first-order valence-electron chi connectivity index (χ1n) is 6.42. The van der Waals surface area contributed by atoms with Crippen LogP contribution in [0.3, 0.4) is 0 Å². The first kappa shape index (κ1) is 16.8. The molecule has 0 amide bonds. The van der Waals surface area contributed by atoms with E-state index in [0.29, 0.717) is 5.92 Å². The van der Waals surface area contributed by atoms with Crippen molar-refractivity contribution in [2.45, 2.75) is 20.8 Å². The van der Waals surface area contributed by atoms with E-state index in [0.717, 1.165) is 26.2 Å². The van der Waals surface area contributed by atoms with Gasteiger partial charge in [0.05, 0.1) is 13.2 Å². The lowest BCUT2D eigenvalue weighted by Crippen LogP contribution is -2.44. The fourth-order valence-electron chi connectivity index (χ4n) is 1.78. The minimum atomic E-state index is -0.402. The normalized spacial score (nSPS) is 13.1. The van der Waals surface area contributed by atoms with E-state index in [2.05, 4.69) is 37.7 Å². The zero-order chi connectivity index (χ0) is 13.5. The predicted octanol–water partition coefficient (Wildman–Crippen LogP) is 0.497. The molecule has 0 saturated carbocycles. The Morgan fingerprint density at radius 3 is 1.94 bits per heavy atom. The van der Waals surface area contributed by atoms with Crippen molar-refractivity contribution in [2.75, 3.05) is 53.5 Å². The van der Waals surface area contributed by atoms with Gasteiger partial charge >= 0.3 is 0 Å². The SMILES string of the molecule is CC(C)CN(CCN(C)C)CC(C)(CO)CO. The zero-order valence-corrected chi connectivity index (χ0v) is 12.1. The second-order valence-electron chi connectivity index (χ2n) is 6.06. The number of nitrogens with zero attached hydrogens (tertiary/aromatic N) is 2. The van der Waals surface area contributed by atoms with Gasteiger partial charge in [-0.15, -0.1) is 0 Å². The van der Waals surface area contributed by atoms with Gasteiger partial charge in [0.25, 0.3) is 0 Å². The molecule has 17 heavy (non-hydrogen) atoms. The molecule has 0 heterocycles. The van der Waals surface area contributed by atoms with Crippen LogP contribution < -0.4 is 0 Å². The molecular weight excluding hydrogens is 216 g/mol. The van der Waals surface area contributed by atoms with Gasteiger partial charge in [0.15, 0.2) is 0 Å². The fraction of sp³-hybridized carbons (Fsp3) is 1.00. The Morgan fingerprint density at radius 1 is 1.06 bits per heavy atom. The molecule has 0 spiro atoms. The molecule has 0 unspecified atom stereocenters. The molecule has 0 bridgehead atoms. The van der Waals surface area contributed by atoms with E-state index in [9.17, 15) is 10.2 Å². The Bertz CT molecular complexity index is 192. The maximum absolute atomic E-state index is 9.35. The van der Waals surface area contributed by atoms with Crippen LogP contribution in [0, 0.1) is 11.3 Å². The summed E-state index contributed by atoms with van der Waals surface area (Å²) in [7, 11) is 4.12. The molecule has 0 aromatic heterocycles. The number of aliphatic hydroxyl groups is 2. The standard InChI is InChI=1S/C13H30N2O2/c1-12(2)8-15(7-6-14(4)5)9-13(3,10-16)11-17/h12,16-17H,6-11H2,1-5H3. The van der Waals surface area contributed by atoms with Crippen LogP contribution in [0.25, 0.3) is 0 Å². The Hall–Kier alpha value is -0.160. The molecule has 0 aromatic carbocycles. The number of hydrogen-bond donors (Lipinski definition) is 2. The minimum absolute atomic E-state index is 0.0278. The molecule has 0 atom stereocenters. The molecule has 0 aliphatic rings. The van der Waals surface area contributed by atoms with Crippen molar-refractivity contribution in [1.82, 2.24) is 9.80 Å². The van der Waals surface area contributed by atoms with Gasteiger partial charge < -0.3 is 20.0 Å². The van der Waals surface area contributed by atoms with Crippen LogP contribution in [0.1, 0.15) is 20.8 Å². The lowest BCUT2D eigenvalue weighted by atomic mass is 9.92. The van der Waals surface area contributed by atoms with E-state index in [1.807, 2.05) is 6.92 Å². The van der Waals surface area contributed by atoms with Gasteiger partial charge in [-0.1, -0.05) is 20.8 Å². The van der Waals surface area contributed by atoms with Crippen molar-refractivity contribution in [1.29, 1.82) is 0 Å². The van der Waals surface area contributed by atoms with Crippen molar-refractivity contribution in [3.05, 3.63) is 0 Å². The molecule has 4 nitrogen and oxygen atoms in total. The summed E-state index contributed by atoms with van der Waals surface area (Å²) < 4.78 is 0. The second kappa shape index (κ2) is 8.03. The fourth-order valence-corrected chi connectivity index (χ4v) is 1.78. The first-order chi connectivity index (χ1) is 7.83. The van der Waals surface area contributed by atoms with Crippen LogP contribution in [0.15, 0.2) is 0 Å². The summed E-state index contributed by atoms with van der Waals surface area (Å²) in [5.74, 6) is 0.596. The predicted molar refractivity (Wildman–Crippen MR) is 72.1 cm³/mol. The summed E-state index contributed by atoms with van der Waals surface area (Å²) in [6.45, 7) is 10.1. The van der Waals surface area contributed by atoms with Gasteiger partial charge in [-0.3, -0.25) is 0 Å². The molecule has 0 saturated heterocycles. The minimum Gasteiger partial charge on any atom is -0.396 e. The summed E-state index contributed by atoms with van der Waals surface area (Å²) in [5, 5.41) is 18.7. The lowest BCUT2D eigenvalue weighted by Gasteiger charge is -2.34. The third-order valence-corrected chi connectivity index (χ3v) is 2.86. The third-order valence-electron chi connectivity index (χ3n) is 2.86. The quantitative estimate of drug-likeness (QED) is 0.622. The zero-order valence-electron chi connectivity index (χ0n) is 12.1. The molecule has 0 aromatic rings. The highest BCUT2D eigenvalue weighted by atomic mass is 16.3. The van der Waals surface area contributed by atoms with Crippen molar-refractivity contribution in [3.63, 3.8) is 0 Å². The number of aliphatic hydroxyl groups excluding tert-OH is 2. The van der Waals surface area contributed by atoms with Gasteiger partial charge in [0.1, 0.15) is 0 Å². The average molecular weight is 246 g/mol. The Labute approximate surface area is 106 Å². The van der Waals surface area contributed by atoms with Crippen LogP contribution >= 0.6 is 0 Å². The highest BCUT2D eigenvalue weighted by molar-refractivity contribution is 4.78. The molecule has 0 rings (SSSR count). The van der Waals surface area contributed by atoms with Gasteiger partial charge in [-0.25, -0.2) is 0 Å². The third kappa shape index (κ3) is 7.71. The van der Waals surface area contributed by atoms with Crippen LogP contribution in [0.4, 0.5) is 0 Å². The van der Waals surface area contributed by atoms with E-state index < -0.39 is 5.41 Å². The van der Waals surface area contributed by atoms with E-state index in [4.69, 9.17) is 0 Å². The van der Waals surface area contributed by atoms with Gasteiger partial charge in [0, 0.05) is 31.6 Å². The van der Waals surface area contributed by atoms with Crippen molar-refractivity contribution in [2.24, 2.45) is 11.3 Å². The first-order valence-corrected chi connectivity index (χ1v) is 6.42. The monoisotopic (exact) mass is 246 g/mol. The highest BCUT2D eigenvalue weighted by Gasteiger charge is 2.25. The van der Waals surface area contributed by atoms with Gasteiger partial charge in [-0.05, 0) is 20.0 Å². The van der Waals surface area contributed by atoms with E-state index in [-0.39, 0.29) is 13.2 Å². The lowest BCUT2D eigenvalue weighted by molar-refractivity contribution is 0.0303. The van der Waals surface area contributed by atoms with Gasteiger partial charge in [-0.2, -0.15) is 0 Å². The highest BCUT2D eigenvalue weighted by Crippen LogP contribution is 2.17. The van der Waals surface area contributed by atoms with Crippen molar-refractivity contribution < 1.29 is 10.2 Å². The molecule has 2 N–H and O–H groups in total. The number of likely N-dealkylation sites (N-methyl/N-ethyl adjacent to an activating group) is 1. The molecule has 0 fully saturated rings. The summed E-state index contributed by atoms with van der Waals surface area (Å²) in [6.07, 6.45) is 0. The number of rotatable bonds is 9. The van der Waals surface area contributed by atoms with Gasteiger partial charge in [0.2, 0.25) is 0 Å². The molecule has 0 aliphatic heterocycles. The Morgan fingerprint density at radius 2 is 1.59 bits per heavy atom. The van der Waals surface area contributed by atoms with Crippen LogP contribution in [-0.2, 0) is 0 Å². The van der Waals surface area contributed by atoms with Crippen molar-refractivity contribution in [3.8, 4) is 0 Å². The van der Waals surface area contributed by atoms with Crippen LogP contribution in [0.5, 0.6) is 0 Å². The number of hydrogen-bond acceptors (Lipinski definition) is 4. The molecule has 0 radical (unpaired) electrons. The Kier molecular flexibility index (Phi) is 7.96. The summed E-state index contributed by atoms with van der Waals surface area (Å²) in [5.41, 5.74) is -0.402. The van der Waals surface area contributed by atoms with Crippen LogP contribution in [-0.4, -0.2) is 73.5 Å². The molecule has 104 valence electrons. The summed E-state index contributed by atoms with van der Waals surface area (Å²) >= 11 is 0. The molecule has 0 aliphatic carbocycles.